The Hall–Kier alpha value is -1.23. The van der Waals surface area contributed by atoms with Crippen molar-refractivity contribution in [3.05, 3.63) is 29.1 Å². The Bertz CT molecular complexity index is 431. The molecule has 1 N–H and O–H groups in total. The molecule has 0 radical (unpaired) electrons. The molecule has 2 nitrogen and oxygen atoms in total. The highest BCUT2D eigenvalue weighted by Gasteiger charge is 2.23. The maximum atomic E-state index is 13.9. The van der Waals surface area contributed by atoms with Crippen LogP contribution in [-0.2, 0) is 6.42 Å². The standard InChI is InChI=1S/C13H16F3NO/c1-18-11-6-10(14)12(15)9(13(11)16)5-8-3-2-4-17-7-8/h6,8,17H,2-5,7H2,1H3. The van der Waals surface area contributed by atoms with Crippen LogP contribution in [0.5, 0.6) is 5.75 Å². The Balaban J connectivity index is 2.27. The van der Waals surface area contributed by atoms with Crippen LogP contribution in [0.3, 0.4) is 0 Å². The zero-order chi connectivity index (χ0) is 13.1. The molecular weight excluding hydrogens is 243 g/mol. The van der Waals surface area contributed by atoms with Gasteiger partial charge in [0.15, 0.2) is 23.2 Å². The third-order valence-corrected chi connectivity index (χ3v) is 3.33. The van der Waals surface area contributed by atoms with E-state index < -0.39 is 17.5 Å². The Morgan fingerprint density at radius 3 is 2.72 bits per heavy atom. The number of hydrogen-bond acceptors (Lipinski definition) is 2. The van der Waals surface area contributed by atoms with Gasteiger partial charge in [-0.1, -0.05) is 0 Å². The van der Waals surface area contributed by atoms with Crippen LogP contribution in [0.4, 0.5) is 13.2 Å². The second kappa shape index (κ2) is 5.61. The van der Waals surface area contributed by atoms with E-state index in [0.717, 1.165) is 25.5 Å². The van der Waals surface area contributed by atoms with E-state index in [9.17, 15) is 13.2 Å². The van der Waals surface area contributed by atoms with E-state index in [4.69, 9.17) is 4.74 Å². The Labute approximate surface area is 104 Å². The van der Waals surface area contributed by atoms with Gasteiger partial charge in [0.2, 0.25) is 0 Å². The first-order valence-electron chi connectivity index (χ1n) is 6.04. The summed E-state index contributed by atoms with van der Waals surface area (Å²) in [7, 11) is 1.24. The summed E-state index contributed by atoms with van der Waals surface area (Å²) >= 11 is 0. The highest BCUT2D eigenvalue weighted by atomic mass is 19.2. The van der Waals surface area contributed by atoms with Crippen molar-refractivity contribution in [2.45, 2.75) is 19.3 Å². The highest BCUT2D eigenvalue weighted by Crippen LogP contribution is 2.28. The summed E-state index contributed by atoms with van der Waals surface area (Å²) < 4.78 is 45.6. The molecule has 0 aliphatic carbocycles. The molecule has 2 rings (SSSR count). The van der Waals surface area contributed by atoms with Crippen molar-refractivity contribution in [1.29, 1.82) is 0 Å². The molecule has 0 bridgehead atoms. The van der Waals surface area contributed by atoms with Crippen molar-refractivity contribution in [1.82, 2.24) is 5.32 Å². The van der Waals surface area contributed by atoms with Crippen molar-refractivity contribution in [3.8, 4) is 5.75 Å². The average Bonchev–Trinajstić information content (AvgIpc) is 2.40. The van der Waals surface area contributed by atoms with E-state index in [1.54, 1.807) is 0 Å². The summed E-state index contributed by atoms with van der Waals surface area (Å²) in [6.07, 6.45) is 2.06. The van der Waals surface area contributed by atoms with Gasteiger partial charge >= 0.3 is 0 Å². The Morgan fingerprint density at radius 2 is 2.11 bits per heavy atom. The molecule has 1 aliphatic heterocycles. The largest absolute Gasteiger partial charge is 0.494 e. The van der Waals surface area contributed by atoms with Gasteiger partial charge in [-0.3, -0.25) is 0 Å². The summed E-state index contributed by atoms with van der Waals surface area (Å²) in [6, 6.07) is 0.743. The summed E-state index contributed by atoms with van der Waals surface area (Å²) in [6.45, 7) is 1.63. The van der Waals surface area contributed by atoms with E-state index in [-0.39, 0.29) is 23.7 Å². The van der Waals surface area contributed by atoms with E-state index >= 15 is 0 Å². The first kappa shape index (κ1) is 13.2. The smallest absolute Gasteiger partial charge is 0.171 e. The van der Waals surface area contributed by atoms with Crippen LogP contribution in [0.25, 0.3) is 0 Å². The lowest BCUT2D eigenvalue weighted by Crippen LogP contribution is -2.31. The molecule has 0 amide bonds. The van der Waals surface area contributed by atoms with E-state index in [1.165, 1.54) is 7.11 Å². The molecule has 1 aromatic carbocycles. The van der Waals surface area contributed by atoms with Gasteiger partial charge in [0, 0.05) is 11.6 Å². The Kier molecular flexibility index (Phi) is 4.11. The number of rotatable bonds is 3. The molecule has 1 saturated heterocycles. The number of halogens is 3. The third kappa shape index (κ3) is 2.61. The normalized spacial score (nSPS) is 19.9. The minimum atomic E-state index is -1.10. The predicted octanol–water partition coefficient (Wildman–Crippen LogP) is 2.65. The number of hydrogen-bond donors (Lipinski definition) is 1. The Morgan fingerprint density at radius 1 is 1.33 bits per heavy atom. The first-order chi connectivity index (χ1) is 8.63. The van der Waals surface area contributed by atoms with Gasteiger partial charge in [0.1, 0.15) is 0 Å². The van der Waals surface area contributed by atoms with Crippen molar-refractivity contribution in [3.63, 3.8) is 0 Å². The number of ether oxygens (including phenoxy) is 1. The van der Waals surface area contributed by atoms with Crippen LogP contribution in [0.2, 0.25) is 0 Å². The number of methoxy groups -OCH3 is 1. The fourth-order valence-electron chi connectivity index (χ4n) is 2.35. The quantitative estimate of drug-likeness (QED) is 0.843. The minimum absolute atomic E-state index is 0.134. The van der Waals surface area contributed by atoms with E-state index in [1.807, 2.05) is 0 Å². The zero-order valence-corrected chi connectivity index (χ0v) is 10.2. The number of nitrogens with one attached hydrogen (secondary N) is 1. The lowest BCUT2D eigenvalue weighted by molar-refractivity contribution is 0.347. The van der Waals surface area contributed by atoms with Gasteiger partial charge in [-0.2, -0.15) is 0 Å². The summed E-state index contributed by atoms with van der Waals surface area (Å²) in [4.78, 5) is 0. The van der Waals surface area contributed by atoms with Crippen molar-refractivity contribution in [2.24, 2.45) is 5.92 Å². The summed E-state index contributed by atoms with van der Waals surface area (Å²) in [5.41, 5.74) is -0.208. The second-order valence-electron chi connectivity index (χ2n) is 4.58. The number of benzene rings is 1. The van der Waals surface area contributed by atoms with Crippen LogP contribution in [-0.4, -0.2) is 20.2 Å². The lowest BCUT2D eigenvalue weighted by Gasteiger charge is -2.23. The van der Waals surface area contributed by atoms with Crippen LogP contribution < -0.4 is 10.1 Å². The van der Waals surface area contributed by atoms with Gasteiger partial charge in [0.25, 0.3) is 0 Å². The maximum absolute atomic E-state index is 13.9. The molecule has 1 aromatic rings. The molecule has 0 saturated carbocycles. The van der Waals surface area contributed by atoms with Crippen LogP contribution in [0, 0.1) is 23.4 Å². The summed E-state index contributed by atoms with van der Waals surface area (Å²) in [5, 5.41) is 3.17. The molecule has 1 heterocycles. The zero-order valence-electron chi connectivity index (χ0n) is 10.2. The number of piperidine rings is 1. The van der Waals surface area contributed by atoms with Gasteiger partial charge < -0.3 is 10.1 Å². The minimum Gasteiger partial charge on any atom is -0.494 e. The van der Waals surface area contributed by atoms with Crippen molar-refractivity contribution < 1.29 is 17.9 Å². The molecule has 0 spiro atoms. The fraction of sp³-hybridized carbons (Fsp3) is 0.538. The molecular formula is C13H16F3NO. The topological polar surface area (TPSA) is 21.3 Å². The molecule has 0 aromatic heterocycles. The SMILES string of the molecule is COc1cc(F)c(F)c(CC2CCCNC2)c1F. The van der Waals surface area contributed by atoms with Gasteiger partial charge in [-0.25, -0.2) is 13.2 Å². The van der Waals surface area contributed by atoms with Gasteiger partial charge in [0.05, 0.1) is 7.11 Å². The lowest BCUT2D eigenvalue weighted by atomic mass is 9.91. The van der Waals surface area contributed by atoms with Crippen LogP contribution in [0.15, 0.2) is 6.07 Å². The molecule has 5 heteroatoms. The molecule has 1 atom stereocenters. The maximum Gasteiger partial charge on any atom is 0.171 e. The first-order valence-corrected chi connectivity index (χ1v) is 6.04. The molecule has 18 heavy (non-hydrogen) atoms. The average molecular weight is 259 g/mol. The van der Waals surface area contributed by atoms with Crippen LogP contribution >= 0.6 is 0 Å². The molecule has 1 unspecified atom stereocenters. The van der Waals surface area contributed by atoms with Crippen LogP contribution in [0.1, 0.15) is 18.4 Å². The highest BCUT2D eigenvalue weighted by molar-refractivity contribution is 5.33. The second-order valence-corrected chi connectivity index (χ2v) is 4.58. The van der Waals surface area contributed by atoms with E-state index in [2.05, 4.69) is 5.32 Å². The van der Waals surface area contributed by atoms with Gasteiger partial charge in [-0.05, 0) is 38.3 Å². The molecule has 1 aliphatic rings. The van der Waals surface area contributed by atoms with Crippen molar-refractivity contribution >= 4 is 0 Å². The fourth-order valence-corrected chi connectivity index (χ4v) is 2.35. The van der Waals surface area contributed by atoms with E-state index in [0.29, 0.717) is 6.54 Å². The predicted molar refractivity (Wildman–Crippen MR) is 62.2 cm³/mol. The molecule has 1 fully saturated rings. The van der Waals surface area contributed by atoms with Crippen molar-refractivity contribution in [2.75, 3.05) is 20.2 Å². The summed E-state index contributed by atoms with van der Waals surface area (Å²) in [5.74, 6) is -3.06. The molecule has 100 valence electrons. The van der Waals surface area contributed by atoms with Gasteiger partial charge in [-0.15, -0.1) is 0 Å². The monoisotopic (exact) mass is 259 g/mol. The third-order valence-electron chi connectivity index (χ3n) is 3.33.